The Bertz CT molecular complexity index is 1330. The minimum absolute atomic E-state index is 0.0231. The van der Waals surface area contributed by atoms with Crippen molar-refractivity contribution in [2.45, 2.75) is 6.18 Å². The number of amides is 2. The van der Waals surface area contributed by atoms with E-state index in [9.17, 15) is 27.6 Å². The second-order valence-electron chi connectivity index (χ2n) is 7.18. The molecule has 0 bridgehead atoms. The van der Waals surface area contributed by atoms with Crippen molar-refractivity contribution in [3.8, 4) is 28.4 Å². The molecule has 34 heavy (non-hydrogen) atoms. The standard InChI is InChI=1S/C22H17F3N2O7/c23-22(24,25)21-19(11-1-4-14-16(7-11)32-6-5-31-14)20(30)13-3-2-12(8-15(13)34-21)33-10-18(29)27-9-17(26)28/h1-4,7-8H,5-6,9-10H2,(H2,26,28)(H,27,29). The molecule has 12 heteroatoms. The van der Waals surface area contributed by atoms with Crippen LogP contribution < -0.4 is 30.7 Å². The number of benzene rings is 2. The Balaban J connectivity index is 1.72. The van der Waals surface area contributed by atoms with E-state index in [1.54, 1.807) is 0 Å². The lowest BCUT2D eigenvalue weighted by molar-refractivity contribution is -0.152. The molecule has 0 fully saturated rings. The van der Waals surface area contributed by atoms with Crippen molar-refractivity contribution >= 4 is 22.8 Å². The molecular formula is C22H17F3N2O7. The molecule has 4 rings (SSSR count). The van der Waals surface area contributed by atoms with Crippen molar-refractivity contribution in [1.82, 2.24) is 5.32 Å². The highest BCUT2D eigenvalue weighted by Crippen LogP contribution is 2.40. The van der Waals surface area contributed by atoms with E-state index >= 15 is 0 Å². The van der Waals surface area contributed by atoms with Gasteiger partial charge >= 0.3 is 6.18 Å². The van der Waals surface area contributed by atoms with Gasteiger partial charge in [-0.2, -0.15) is 13.2 Å². The Morgan fingerprint density at radius 1 is 1.06 bits per heavy atom. The van der Waals surface area contributed by atoms with Gasteiger partial charge in [-0.05, 0) is 29.8 Å². The number of hydrogen-bond donors (Lipinski definition) is 2. The maximum atomic E-state index is 13.9. The molecule has 1 aromatic heterocycles. The fourth-order valence-corrected chi connectivity index (χ4v) is 3.31. The van der Waals surface area contributed by atoms with Crippen molar-refractivity contribution in [2.75, 3.05) is 26.4 Å². The molecule has 2 heterocycles. The van der Waals surface area contributed by atoms with Gasteiger partial charge in [-0.3, -0.25) is 14.4 Å². The molecule has 0 aliphatic carbocycles. The third-order valence-electron chi connectivity index (χ3n) is 4.78. The summed E-state index contributed by atoms with van der Waals surface area (Å²) < 4.78 is 62.8. The Morgan fingerprint density at radius 3 is 2.50 bits per heavy atom. The van der Waals surface area contributed by atoms with E-state index in [2.05, 4.69) is 5.32 Å². The maximum absolute atomic E-state index is 13.9. The third kappa shape index (κ3) is 4.75. The summed E-state index contributed by atoms with van der Waals surface area (Å²) in [4.78, 5) is 35.4. The zero-order chi connectivity index (χ0) is 24.5. The van der Waals surface area contributed by atoms with E-state index in [-0.39, 0.29) is 34.6 Å². The van der Waals surface area contributed by atoms with Crippen molar-refractivity contribution in [2.24, 2.45) is 5.73 Å². The first kappa shape index (κ1) is 23.0. The highest BCUT2D eigenvalue weighted by molar-refractivity contribution is 5.86. The van der Waals surface area contributed by atoms with Gasteiger partial charge in [-0.1, -0.05) is 6.07 Å². The predicted octanol–water partition coefficient (Wildman–Crippen LogP) is 2.23. The number of fused-ring (bicyclic) bond motifs is 2. The Hall–Kier alpha value is -4.22. The van der Waals surface area contributed by atoms with E-state index in [4.69, 9.17) is 24.4 Å². The number of carbonyl (C=O) groups is 2. The van der Waals surface area contributed by atoms with Crippen molar-refractivity contribution in [3.05, 3.63) is 52.4 Å². The van der Waals surface area contributed by atoms with Crippen LogP contribution in [-0.4, -0.2) is 38.2 Å². The van der Waals surface area contributed by atoms with Gasteiger partial charge in [0.25, 0.3) is 5.91 Å². The van der Waals surface area contributed by atoms with Gasteiger partial charge in [-0.25, -0.2) is 0 Å². The summed E-state index contributed by atoms with van der Waals surface area (Å²) in [5.74, 6) is -2.37. The predicted molar refractivity (Wildman–Crippen MR) is 112 cm³/mol. The molecule has 0 saturated heterocycles. The number of rotatable bonds is 6. The quantitative estimate of drug-likeness (QED) is 0.556. The van der Waals surface area contributed by atoms with Gasteiger partial charge in [0.1, 0.15) is 24.5 Å². The minimum atomic E-state index is -4.98. The van der Waals surface area contributed by atoms with Crippen LogP contribution in [0.5, 0.6) is 17.2 Å². The first-order chi connectivity index (χ1) is 16.1. The van der Waals surface area contributed by atoms with Crippen LogP contribution in [0.3, 0.4) is 0 Å². The van der Waals surface area contributed by atoms with Gasteiger partial charge in [0.2, 0.25) is 17.1 Å². The van der Waals surface area contributed by atoms with E-state index in [0.29, 0.717) is 12.4 Å². The highest BCUT2D eigenvalue weighted by atomic mass is 19.4. The van der Waals surface area contributed by atoms with E-state index in [1.165, 1.54) is 30.3 Å². The summed E-state index contributed by atoms with van der Waals surface area (Å²) in [5.41, 5.74) is 2.92. The number of ether oxygens (including phenoxy) is 3. The summed E-state index contributed by atoms with van der Waals surface area (Å²) in [7, 11) is 0. The van der Waals surface area contributed by atoms with Crippen LogP contribution in [0.2, 0.25) is 0 Å². The van der Waals surface area contributed by atoms with Crippen LogP contribution in [0, 0.1) is 0 Å². The van der Waals surface area contributed by atoms with Crippen LogP contribution in [0.1, 0.15) is 5.76 Å². The van der Waals surface area contributed by atoms with Gasteiger partial charge in [0.15, 0.2) is 18.1 Å². The fourth-order valence-electron chi connectivity index (χ4n) is 3.31. The summed E-state index contributed by atoms with van der Waals surface area (Å²) >= 11 is 0. The molecule has 0 radical (unpaired) electrons. The van der Waals surface area contributed by atoms with Crippen LogP contribution in [0.4, 0.5) is 13.2 Å². The zero-order valence-electron chi connectivity index (χ0n) is 17.4. The van der Waals surface area contributed by atoms with Gasteiger partial charge in [0, 0.05) is 6.07 Å². The lowest BCUT2D eigenvalue weighted by atomic mass is 10.0. The average Bonchev–Trinajstić information content (AvgIpc) is 2.80. The molecule has 0 atom stereocenters. The Morgan fingerprint density at radius 2 is 1.79 bits per heavy atom. The topological polar surface area (TPSA) is 130 Å². The van der Waals surface area contributed by atoms with Crippen LogP contribution in [-0.2, 0) is 15.8 Å². The fraction of sp³-hybridized carbons (Fsp3) is 0.227. The number of primary amides is 1. The number of hydrogen-bond acceptors (Lipinski definition) is 7. The molecule has 0 spiro atoms. The van der Waals surface area contributed by atoms with Crippen LogP contribution in [0.25, 0.3) is 22.1 Å². The number of alkyl halides is 3. The van der Waals surface area contributed by atoms with Crippen LogP contribution in [0.15, 0.2) is 45.6 Å². The Labute approximate surface area is 189 Å². The van der Waals surface area contributed by atoms with Crippen molar-refractivity contribution in [3.63, 3.8) is 0 Å². The second-order valence-corrected chi connectivity index (χ2v) is 7.18. The third-order valence-corrected chi connectivity index (χ3v) is 4.78. The molecule has 0 unspecified atom stereocenters. The van der Waals surface area contributed by atoms with E-state index < -0.39 is 47.9 Å². The largest absolute Gasteiger partial charge is 0.486 e. The molecule has 1 aliphatic rings. The zero-order valence-corrected chi connectivity index (χ0v) is 17.4. The summed E-state index contributed by atoms with van der Waals surface area (Å²) in [6.45, 7) is -0.412. The number of carbonyl (C=O) groups excluding carboxylic acids is 2. The van der Waals surface area contributed by atoms with E-state index in [0.717, 1.165) is 6.07 Å². The molecule has 2 amide bonds. The minimum Gasteiger partial charge on any atom is -0.486 e. The van der Waals surface area contributed by atoms with Crippen molar-refractivity contribution in [1.29, 1.82) is 0 Å². The summed E-state index contributed by atoms with van der Waals surface area (Å²) in [5, 5.41) is 2.07. The molecule has 2 aromatic carbocycles. The normalized spacial score (nSPS) is 12.9. The molecule has 3 aromatic rings. The lowest BCUT2D eigenvalue weighted by Crippen LogP contribution is -2.36. The molecule has 9 nitrogen and oxygen atoms in total. The SMILES string of the molecule is NC(=O)CNC(=O)COc1ccc2c(=O)c(-c3ccc4c(c3)OCCO4)c(C(F)(F)F)oc2c1. The number of nitrogens with two attached hydrogens (primary N) is 1. The second kappa shape index (κ2) is 8.96. The van der Waals surface area contributed by atoms with Gasteiger partial charge in [0.05, 0.1) is 17.5 Å². The molecule has 178 valence electrons. The van der Waals surface area contributed by atoms with E-state index in [1.807, 2.05) is 0 Å². The van der Waals surface area contributed by atoms with Crippen molar-refractivity contribution < 1.29 is 41.4 Å². The first-order valence-corrected chi connectivity index (χ1v) is 9.89. The Kier molecular flexibility index (Phi) is 6.05. The summed E-state index contributed by atoms with van der Waals surface area (Å²) in [6, 6.07) is 7.66. The monoisotopic (exact) mass is 478 g/mol. The highest BCUT2D eigenvalue weighted by Gasteiger charge is 2.39. The molecular weight excluding hydrogens is 461 g/mol. The maximum Gasteiger partial charge on any atom is 0.450 e. The first-order valence-electron chi connectivity index (χ1n) is 9.89. The number of nitrogens with one attached hydrogen (secondary N) is 1. The molecule has 3 N–H and O–H groups in total. The average molecular weight is 478 g/mol. The lowest BCUT2D eigenvalue weighted by Gasteiger charge is -2.19. The molecule has 1 aliphatic heterocycles. The number of halogens is 3. The van der Waals surface area contributed by atoms with Crippen LogP contribution >= 0.6 is 0 Å². The molecule has 0 saturated carbocycles. The summed E-state index contributed by atoms with van der Waals surface area (Å²) in [6.07, 6.45) is -4.98. The smallest absolute Gasteiger partial charge is 0.450 e. The van der Waals surface area contributed by atoms with Gasteiger partial charge < -0.3 is 29.7 Å². The van der Waals surface area contributed by atoms with Gasteiger partial charge in [-0.15, -0.1) is 0 Å².